The van der Waals surface area contributed by atoms with Gasteiger partial charge in [-0.15, -0.1) is 0 Å². The minimum atomic E-state index is -5.03. The lowest BCUT2D eigenvalue weighted by molar-refractivity contribution is -0.167. The summed E-state index contributed by atoms with van der Waals surface area (Å²) in [6.07, 6.45) is -5.03. The molecular formula is C18H17F3N2O4. The number of hydrogen-bond donors (Lipinski definition) is 2. The summed E-state index contributed by atoms with van der Waals surface area (Å²) in [6, 6.07) is 12.1. The molecule has 2 amide bonds. The summed E-state index contributed by atoms with van der Waals surface area (Å²) in [4.78, 5) is 23.1. The molecule has 6 nitrogen and oxygen atoms in total. The molecule has 0 unspecified atom stereocenters. The van der Waals surface area contributed by atoms with Crippen LogP contribution in [0.5, 0.6) is 11.5 Å². The van der Waals surface area contributed by atoms with E-state index in [1.165, 1.54) is 24.3 Å². The van der Waals surface area contributed by atoms with E-state index in [9.17, 15) is 22.8 Å². The van der Waals surface area contributed by atoms with Gasteiger partial charge in [-0.3, -0.25) is 9.59 Å². The Hall–Kier alpha value is -3.23. The average molecular weight is 382 g/mol. The minimum absolute atomic E-state index is 0.0235. The molecule has 0 aromatic heterocycles. The van der Waals surface area contributed by atoms with E-state index in [2.05, 4.69) is 5.32 Å². The molecule has 9 heteroatoms. The van der Waals surface area contributed by atoms with Crippen molar-refractivity contribution < 1.29 is 32.2 Å². The number of nitrogens with one attached hydrogen (secondary N) is 2. The first-order valence-corrected chi connectivity index (χ1v) is 7.92. The fourth-order valence-corrected chi connectivity index (χ4v) is 2.03. The number of amides is 2. The second-order valence-electron chi connectivity index (χ2n) is 5.24. The highest BCUT2D eigenvalue weighted by atomic mass is 19.4. The van der Waals surface area contributed by atoms with E-state index in [-0.39, 0.29) is 18.0 Å². The third-order valence-electron chi connectivity index (χ3n) is 3.21. The van der Waals surface area contributed by atoms with Crippen molar-refractivity contribution >= 4 is 23.2 Å². The van der Waals surface area contributed by atoms with Crippen LogP contribution in [0.1, 0.15) is 6.92 Å². The van der Waals surface area contributed by atoms with Crippen molar-refractivity contribution in [3.05, 3.63) is 48.5 Å². The zero-order valence-corrected chi connectivity index (χ0v) is 14.3. The second-order valence-corrected chi connectivity index (χ2v) is 5.24. The largest absolute Gasteiger partial charge is 0.494 e. The van der Waals surface area contributed by atoms with Gasteiger partial charge in [-0.05, 0) is 43.3 Å². The minimum Gasteiger partial charge on any atom is -0.494 e. The third-order valence-corrected chi connectivity index (χ3v) is 3.21. The van der Waals surface area contributed by atoms with Gasteiger partial charge in [0.2, 0.25) is 0 Å². The summed E-state index contributed by atoms with van der Waals surface area (Å²) >= 11 is 0. The predicted octanol–water partition coefficient (Wildman–Crippen LogP) is 3.60. The summed E-state index contributed by atoms with van der Waals surface area (Å²) in [5.74, 6) is -1.65. The summed E-state index contributed by atoms with van der Waals surface area (Å²) in [7, 11) is 0. The Morgan fingerprint density at radius 1 is 0.889 bits per heavy atom. The molecule has 2 aromatic rings. The maximum Gasteiger partial charge on any atom is 0.471 e. The number of alkyl halides is 3. The van der Waals surface area contributed by atoms with Crippen molar-refractivity contribution in [2.24, 2.45) is 0 Å². The Labute approximate surface area is 153 Å². The molecule has 0 aliphatic heterocycles. The van der Waals surface area contributed by atoms with Gasteiger partial charge in [0.1, 0.15) is 11.5 Å². The first-order valence-electron chi connectivity index (χ1n) is 7.92. The molecule has 0 radical (unpaired) electrons. The van der Waals surface area contributed by atoms with E-state index in [1.54, 1.807) is 29.6 Å². The number of carbonyl (C=O) groups is 2. The molecule has 0 bridgehead atoms. The molecule has 27 heavy (non-hydrogen) atoms. The van der Waals surface area contributed by atoms with E-state index in [0.29, 0.717) is 18.1 Å². The molecular weight excluding hydrogens is 365 g/mol. The number of anilines is 2. The Kier molecular flexibility index (Phi) is 6.64. The average Bonchev–Trinajstić information content (AvgIpc) is 2.62. The zero-order valence-electron chi connectivity index (χ0n) is 14.3. The van der Waals surface area contributed by atoms with Crippen molar-refractivity contribution in [2.45, 2.75) is 13.1 Å². The number of rotatable bonds is 7. The van der Waals surface area contributed by atoms with Crippen LogP contribution in [0.2, 0.25) is 0 Å². The number of benzene rings is 2. The Morgan fingerprint density at radius 3 is 1.93 bits per heavy atom. The smallest absolute Gasteiger partial charge is 0.471 e. The first-order chi connectivity index (χ1) is 12.8. The standard InChI is InChI=1S/C18H17F3N2O4/c1-2-26-12-7-9-13(10-8-12)27-11-16(24)22-14-5-3-4-6-15(14)23-17(25)18(19,20)21/h3-10H,2,11H2,1H3,(H,22,24)(H,23,25). The SMILES string of the molecule is CCOc1ccc(OCC(=O)Nc2ccccc2NC(=O)C(F)(F)F)cc1. The molecule has 2 aromatic carbocycles. The molecule has 0 aliphatic carbocycles. The van der Waals surface area contributed by atoms with Crippen molar-refractivity contribution in [3.63, 3.8) is 0 Å². The lowest BCUT2D eigenvalue weighted by atomic mass is 10.2. The molecule has 0 spiro atoms. The molecule has 0 atom stereocenters. The fourth-order valence-electron chi connectivity index (χ4n) is 2.03. The lowest BCUT2D eigenvalue weighted by Crippen LogP contribution is -2.30. The van der Waals surface area contributed by atoms with Gasteiger partial charge in [-0.2, -0.15) is 13.2 Å². The summed E-state index contributed by atoms with van der Waals surface area (Å²) in [6.45, 7) is 2.01. The molecule has 144 valence electrons. The van der Waals surface area contributed by atoms with Gasteiger partial charge in [0, 0.05) is 0 Å². The van der Waals surface area contributed by atoms with E-state index in [1.807, 2.05) is 6.92 Å². The van der Waals surface area contributed by atoms with Gasteiger partial charge >= 0.3 is 12.1 Å². The molecule has 0 fully saturated rings. The molecule has 0 aliphatic rings. The molecule has 2 rings (SSSR count). The van der Waals surface area contributed by atoms with Crippen LogP contribution in [0.4, 0.5) is 24.5 Å². The molecule has 0 heterocycles. The molecule has 2 N–H and O–H groups in total. The molecule has 0 saturated carbocycles. The van der Waals surface area contributed by atoms with Crippen LogP contribution in [0.25, 0.3) is 0 Å². The first kappa shape index (κ1) is 20.1. The lowest BCUT2D eigenvalue weighted by Gasteiger charge is -2.13. The van der Waals surface area contributed by atoms with E-state index in [4.69, 9.17) is 9.47 Å². The maximum atomic E-state index is 12.4. The zero-order chi connectivity index (χ0) is 19.9. The van der Waals surface area contributed by atoms with Crippen LogP contribution in [0, 0.1) is 0 Å². The summed E-state index contributed by atoms with van der Waals surface area (Å²) < 4.78 is 47.8. The van der Waals surface area contributed by atoms with Crippen molar-refractivity contribution in [1.29, 1.82) is 0 Å². The summed E-state index contributed by atoms with van der Waals surface area (Å²) in [5, 5.41) is 4.11. The number of hydrogen-bond acceptors (Lipinski definition) is 4. The van der Waals surface area contributed by atoms with Crippen LogP contribution in [-0.4, -0.2) is 31.2 Å². The van der Waals surface area contributed by atoms with Crippen molar-refractivity contribution in [2.75, 3.05) is 23.8 Å². The normalized spacial score (nSPS) is 10.8. The van der Waals surface area contributed by atoms with E-state index < -0.39 is 18.0 Å². The van der Waals surface area contributed by atoms with Crippen LogP contribution in [0.15, 0.2) is 48.5 Å². The number of ether oxygens (including phenoxy) is 2. The van der Waals surface area contributed by atoms with E-state index in [0.717, 1.165) is 0 Å². The highest BCUT2D eigenvalue weighted by molar-refractivity contribution is 6.01. The van der Waals surface area contributed by atoms with Crippen molar-refractivity contribution in [3.8, 4) is 11.5 Å². The van der Waals surface area contributed by atoms with Crippen LogP contribution in [-0.2, 0) is 9.59 Å². The van der Waals surface area contributed by atoms with Gasteiger partial charge in [-0.25, -0.2) is 0 Å². The van der Waals surface area contributed by atoms with Crippen LogP contribution >= 0.6 is 0 Å². The van der Waals surface area contributed by atoms with Gasteiger partial charge in [-0.1, -0.05) is 12.1 Å². The monoisotopic (exact) mass is 382 g/mol. The topological polar surface area (TPSA) is 76.7 Å². The van der Waals surface area contributed by atoms with Crippen LogP contribution < -0.4 is 20.1 Å². The Bertz CT molecular complexity index is 792. The quantitative estimate of drug-likeness (QED) is 0.767. The predicted molar refractivity (Wildman–Crippen MR) is 92.9 cm³/mol. The summed E-state index contributed by atoms with van der Waals surface area (Å²) in [5.41, 5.74) is -0.148. The highest BCUT2D eigenvalue weighted by Crippen LogP contribution is 2.24. The Balaban J connectivity index is 1.94. The molecule has 0 saturated heterocycles. The highest BCUT2D eigenvalue weighted by Gasteiger charge is 2.39. The third kappa shape index (κ3) is 6.21. The van der Waals surface area contributed by atoms with Gasteiger partial charge in [0.05, 0.1) is 18.0 Å². The van der Waals surface area contributed by atoms with Gasteiger partial charge in [0.15, 0.2) is 6.61 Å². The van der Waals surface area contributed by atoms with Gasteiger partial charge in [0.25, 0.3) is 5.91 Å². The second kappa shape index (κ2) is 8.93. The van der Waals surface area contributed by atoms with Gasteiger partial charge < -0.3 is 20.1 Å². The number of carbonyl (C=O) groups excluding carboxylic acids is 2. The maximum absolute atomic E-state index is 12.4. The number of halogens is 3. The fraction of sp³-hybridized carbons (Fsp3) is 0.222. The van der Waals surface area contributed by atoms with E-state index >= 15 is 0 Å². The van der Waals surface area contributed by atoms with Crippen molar-refractivity contribution in [1.82, 2.24) is 0 Å². The Morgan fingerprint density at radius 2 is 1.41 bits per heavy atom. The number of para-hydroxylation sites is 2. The van der Waals surface area contributed by atoms with Crippen LogP contribution in [0.3, 0.4) is 0 Å².